The molecule has 0 fully saturated rings. The van der Waals surface area contributed by atoms with Gasteiger partial charge in [0.05, 0.1) is 11.4 Å². The van der Waals surface area contributed by atoms with E-state index in [1.54, 1.807) is 0 Å². The molecule has 0 heterocycles. The number of carbonyl (C=O) groups is 1. The van der Waals surface area contributed by atoms with Crippen LogP contribution in [0.25, 0.3) is 0 Å². The summed E-state index contributed by atoms with van der Waals surface area (Å²) < 4.78 is 0. The van der Waals surface area contributed by atoms with Crippen LogP contribution in [0.3, 0.4) is 0 Å². The van der Waals surface area contributed by atoms with E-state index in [4.69, 9.17) is 0 Å². The molecule has 2 N–H and O–H groups in total. The number of hydrogen-bond acceptors (Lipinski definition) is 3. The molecule has 0 bridgehead atoms. The Morgan fingerprint density at radius 1 is 1.10 bits per heavy atom. The van der Waals surface area contributed by atoms with E-state index in [2.05, 4.69) is 5.32 Å². The fraction of sp³-hybridized carbons (Fsp3) is 0.235. The standard InChI is InChI=1S/C17H20N2O2/c1-19(2)16-11-7-6-10-14(16)18-15(17(20)21)12-13-8-4-3-5-9-13/h3-11,15,18H,12H2,1-2H3,(H,20,21). The van der Waals surface area contributed by atoms with Gasteiger partial charge >= 0.3 is 5.97 Å². The van der Waals surface area contributed by atoms with Crippen molar-refractivity contribution in [2.24, 2.45) is 0 Å². The van der Waals surface area contributed by atoms with Gasteiger partial charge in [0, 0.05) is 20.5 Å². The van der Waals surface area contributed by atoms with E-state index < -0.39 is 12.0 Å². The number of anilines is 2. The number of nitrogens with zero attached hydrogens (tertiary/aromatic N) is 1. The van der Waals surface area contributed by atoms with Crippen molar-refractivity contribution in [3.8, 4) is 0 Å². The minimum atomic E-state index is -0.854. The Morgan fingerprint density at radius 3 is 2.33 bits per heavy atom. The van der Waals surface area contributed by atoms with Crippen LogP contribution < -0.4 is 10.2 Å². The Hall–Kier alpha value is -2.49. The average molecular weight is 284 g/mol. The van der Waals surface area contributed by atoms with E-state index in [1.165, 1.54) is 0 Å². The molecule has 0 aliphatic carbocycles. The van der Waals surface area contributed by atoms with Crippen molar-refractivity contribution in [2.75, 3.05) is 24.3 Å². The van der Waals surface area contributed by atoms with Crippen molar-refractivity contribution >= 4 is 17.3 Å². The van der Waals surface area contributed by atoms with Gasteiger partial charge in [0.1, 0.15) is 6.04 Å². The molecule has 0 aliphatic heterocycles. The van der Waals surface area contributed by atoms with E-state index >= 15 is 0 Å². The summed E-state index contributed by atoms with van der Waals surface area (Å²) in [6.45, 7) is 0. The van der Waals surface area contributed by atoms with Crippen molar-refractivity contribution in [1.29, 1.82) is 0 Å². The van der Waals surface area contributed by atoms with Gasteiger partial charge in [-0.2, -0.15) is 0 Å². The zero-order chi connectivity index (χ0) is 15.2. The molecule has 110 valence electrons. The number of aliphatic carboxylic acids is 1. The number of carboxylic acids is 1. The SMILES string of the molecule is CN(C)c1ccccc1NC(Cc1ccccc1)C(=O)O. The number of rotatable bonds is 6. The first-order chi connectivity index (χ1) is 10.1. The highest BCUT2D eigenvalue weighted by Gasteiger charge is 2.19. The normalized spacial score (nSPS) is 11.7. The zero-order valence-corrected chi connectivity index (χ0v) is 12.3. The molecule has 2 aromatic rings. The monoisotopic (exact) mass is 284 g/mol. The number of hydrogen-bond donors (Lipinski definition) is 2. The van der Waals surface area contributed by atoms with Gasteiger partial charge in [-0.3, -0.25) is 0 Å². The topological polar surface area (TPSA) is 52.6 Å². The number of para-hydroxylation sites is 2. The summed E-state index contributed by atoms with van der Waals surface area (Å²) >= 11 is 0. The molecule has 0 spiro atoms. The summed E-state index contributed by atoms with van der Waals surface area (Å²) in [6.07, 6.45) is 0.442. The minimum absolute atomic E-state index is 0.442. The quantitative estimate of drug-likeness (QED) is 0.856. The second kappa shape index (κ2) is 6.79. The van der Waals surface area contributed by atoms with Crippen LogP contribution in [0.5, 0.6) is 0 Å². The average Bonchev–Trinajstić information content (AvgIpc) is 2.48. The molecule has 2 rings (SSSR count). The van der Waals surface area contributed by atoms with Crippen LogP contribution in [-0.4, -0.2) is 31.2 Å². The van der Waals surface area contributed by atoms with Crippen molar-refractivity contribution in [3.63, 3.8) is 0 Å². The van der Waals surface area contributed by atoms with Crippen molar-refractivity contribution < 1.29 is 9.90 Å². The third-order valence-corrected chi connectivity index (χ3v) is 3.30. The zero-order valence-electron chi connectivity index (χ0n) is 12.3. The Balaban J connectivity index is 2.19. The molecule has 0 amide bonds. The second-order valence-corrected chi connectivity index (χ2v) is 5.14. The van der Waals surface area contributed by atoms with Crippen LogP contribution in [0, 0.1) is 0 Å². The van der Waals surface area contributed by atoms with Crippen LogP contribution in [0.15, 0.2) is 54.6 Å². The third kappa shape index (κ3) is 3.99. The first-order valence-electron chi connectivity index (χ1n) is 6.87. The van der Waals surface area contributed by atoms with Crippen LogP contribution in [0.2, 0.25) is 0 Å². The van der Waals surface area contributed by atoms with E-state index in [9.17, 15) is 9.90 Å². The summed E-state index contributed by atoms with van der Waals surface area (Å²) in [4.78, 5) is 13.5. The Morgan fingerprint density at radius 2 is 1.71 bits per heavy atom. The maximum absolute atomic E-state index is 11.5. The summed E-state index contributed by atoms with van der Waals surface area (Å²) in [5, 5.41) is 12.6. The molecule has 0 aliphatic rings. The Bertz CT molecular complexity index is 597. The lowest BCUT2D eigenvalue weighted by atomic mass is 10.1. The predicted octanol–water partition coefficient (Wildman–Crippen LogP) is 2.86. The van der Waals surface area contributed by atoms with Gasteiger partial charge in [0.25, 0.3) is 0 Å². The van der Waals surface area contributed by atoms with Crippen LogP contribution in [0.1, 0.15) is 5.56 Å². The smallest absolute Gasteiger partial charge is 0.326 e. The molecule has 0 saturated carbocycles. The molecule has 4 nitrogen and oxygen atoms in total. The molecule has 0 saturated heterocycles. The van der Waals surface area contributed by atoms with Gasteiger partial charge in [-0.05, 0) is 17.7 Å². The predicted molar refractivity (Wildman–Crippen MR) is 86.0 cm³/mol. The van der Waals surface area contributed by atoms with E-state index in [1.807, 2.05) is 73.6 Å². The maximum atomic E-state index is 11.5. The van der Waals surface area contributed by atoms with E-state index in [-0.39, 0.29) is 0 Å². The summed E-state index contributed by atoms with van der Waals surface area (Å²) in [7, 11) is 3.88. The number of carboxylic acid groups (broad SMARTS) is 1. The minimum Gasteiger partial charge on any atom is -0.480 e. The van der Waals surface area contributed by atoms with Crippen molar-refractivity contribution in [3.05, 3.63) is 60.2 Å². The van der Waals surface area contributed by atoms with E-state index in [0.717, 1.165) is 16.9 Å². The van der Waals surface area contributed by atoms with Crippen molar-refractivity contribution in [2.45, 2.75) is 12.5 Å². The van der Waals surface area contributed by atoms with E-state index in [0.29, 0.717) is 6.42 Å². The van der Waals surface area contributed by atoms with Crippen LogP contribution in [0.4, 0.5) is 11.4 Å². The summed E-state index contributed by atoms with van der Waals surface area (Å²) in [5.41, 5.74) is 2.79. The largest absolute Gasteiger partial charge is 0.480 e. The lowest BCUT2D eigenvalue weighted by Crippen LogP contribution is -2.32. The van der Waals surface area contributed by atoms with Crippen molar-refractivity contribution in [1.82, 2.24) is 0 Å². The summed E-state index contributed by atoms with van der Waals surface area (Å²) in [6, 6.07) is 16.7. The highest BCUT2D eigenvalue weighted by Crippen LogP contribution is 2.24. The molecule has 4 heteroatoms. The summed E-state index contributed by atoms with van der Waals surface area (Å²) in [5.74, 6) is -0.854. The van der Waals surface area contributed by atoms with Crippen LogP contribution >= 0.6 is 0 Å². The fourth-order valence-electron chi connectivity index (χ4n) is 2.22. The number of benzene rings is 2. The molecular weight excluding hydrogens is 264 g/mol. The van der Waals surface area contributed by atoms with Gasteiger partial charge in [0.15, 0.2) is 0 Å². The second-order valence-electron chi connectivity index (χ2n) is 5.14. The molecule has 21 heavy (non-hydrogen) atoms. The maximum Gasteiger partial charge on any atom is 0.326 e. The Labute approximate surface area is 125 Å². The first-order valence-corrected chi connectivity index (χ1v) is 6.87. The fourth-order valence-corrected chi connectivity index (χ4v) is 2.22. The third-order valence-electron chi connectivity index (χ3n) is 3.30. The molecule has 0 aromatic heterocycles. The molecular formula is C17H20N2O2. The lowest BCUT2D eigenvalue weighted by Gasteiger charge is -2.22. The first kappa shape index (κ1) is 14.9. The Kier molecular flexibility index (Phi) is 4.82. The highest BCUT2D eigenvalue weighted by atomic mass is 16.4. The van der Waals surface area contributed by atoms with Gasteiger partial charge in [-0.15, -0.1) is 0 Å². The van der Waals surface area contributed by atoms with Gasteiger partial charge in [0.2, 0.25) is 0 Å². The van der Waals surface area contributed by atoms with Crippen LogP contribution in [-0.2, 0) is 11.2 Å². The molecule has 0 radical (unpaired) electrons. The van der Waals surface area contributed by atoms with Gasteiger partial charge < -0.3 is 15.3 Å². The highest BCUT2D eigenvalue weighted by molar-refractivity contribution is 5.80. The van der Waals surface area contributed by atoms with Gasteiger partial charge in [-0.25, -0.2) is 4.79 Å². The molecule has 2 aromatic carbocycles. The molecule has 1 atom stereocenters. The lowest BCUT2D eigenvalue weighted by molar-refractivity contribution is -0.137. The number of nitrogens with one attached hydrogen (secondary N) is 1. The molecule has 1 unspecified atom stereocenters. The van der Waals surface area contributed by atoms with Gasteiger partial charge in [-0.1, -0.05) is 42.5 Å².